The van der Waals surface area contributed by atoms with Crippen LogP contribution in [-0.4, -0.2) is 12.6 Å². The summed E-state index contributed by atoms with van der Waals surface area (Å²) in [5.41, 5.74) is 0.506. The summed E-state index contributed by atoms with van der Waals surface area (Å²) in [6, 6.07) is 16.4. The van der Waals surface area contributed by atoms with Gasteiger partial charge in [0.2, 0.25) is 0 Å². The van der Waals surface area contributed by atoms with Crippen LogP contribution in [-0.2, 0) is 4.18 Å². The van der Waals surface area contributed by atoms with E-state index in [4.69, 9.17) is 8.92 Å². The first-order valence-corrected chi connectivity index (χ1v) is 6.70. The smallest absolute Gasteiger partial charge is 0.350 e. The molecule has 2 rings (SSSR count). The minimum atomic E-state index is -0.364. The molecule has 24 heavy (non-hydrogen) atoms. The maximum absolute atomic E-state index is 11.8. The van der Waals surface area contributed by atoms with Crippen molar-refractivity contribution in [3.05, 3.63) is 60.2 Å². The Morgan fingerprint density at radius 2 is 1.42 bits per heavy atom. The monoisotopic (exact) mass is 374 g/mol. The third kappa shape index (κ3) is 8.99. The highest BCUT2D eigenvalue weighted by molar-refractivity contribution is 7.95. The maximum Gasteiger partial charge on any atom is 0.350 e. The van der Waals surface area contributed by atoms with E-state index in [1.807, 2.05) is 37.3 Å². The first kappa shape index (κ1) is 29.7. The van der Waals surface area contributed by atoms with E-state index in [-0.39, 0.29) is 29.5 Å². The van der Waals surface area contributed by atoms with Crippen molar-refractivity contribution >= 4 is 18.0 Å². The predicted molar refractivity (Wildman–Crippen MR) is 87.8 cm³/mol. The fourth-order valence-corrected chi connectivity index (χ4v) is 2.00. The minimum Gasteiger partial charge on any atom is -0.494 e. The van der Waals surface area contributed by atoms with Gasteiger partial charge in [0.1, 0.15) is 5.75 Å². The Kier molecular flexibility index (Phi) is 19.3. The number of halogens is 5. The van der Waals surface area contributed by atoms with Crippen LogP contribution in [0, 0.1) is 0 Å². The number of rotatable bonds is 5. The normalized spacial score (nSPS) is 7.88. The molecule has 0 aliphatic heterocycles. The second-order valence-electron chi connectivity index (χ2n) is 3.72. The fourth-order valence-electron chi connectivity index (χ4n) is 1.46. The molecule has 0 fully saturated rings. The molecular weight excluding hydrogens is 355 g/mol. The van der Waals surface area contributed by atoms with Crippen LogP contribution in [0.3, 0.4) is 0 Å². The van der Waals surface area contributed by atoms with Crippen LogP contribution in [0.25, 0.3) is 0 Å². The number of carbonyl (C=O) groups is 1. The zero-order valence-corrected chi connectivity index (χ0v) is 13.4. The van der Waals surface area contributed by atoms with Crippen molar-refractivity contribution in [2.24, 2.45) is 0 Å². The van der Waals surface area contributed by atoms with E-state index in [0.717, 1.165) is 22.7 Å². The van der Waals surface area contributed by atoms with Gasteiger partial charge >= 0.3 is 5.97 Å². The third-order valence-electron chi connectivity index (χ3n) is 2.36. The van der Waals surface area contributed by atoms with Gasteiger partial charge in [-0.25, -0.2) is 4.79 Å². The van der Waals surface area contributed by atoms with Gasteiger partial charge in [-0.2, -0.15) is 0 Å². The average molecular weight is 374 g/mol. The van der Waals surface area contributed by atoms with Crippen LogP contribution < -0.4 is 4.74 Å². The zero-order chi connectivity index (χ0) is 13.5. The third-order valence-corrected chi connectivity index (χ3v) is 3.06. The average Bonchev–Trinajstić information content (AvgIpc) is 2.47. The van der Waals surface area contributed by atoms with Crippen LogP contribution in [0.4, 0.5) is 23.5 Å². The summed E-state index contributed by atoms with van der Waals surface area (Å²) < 4.78 is 10.5. The van der Waals surface area contributed by atoms with Gasteiger partial charge in [-0.15, -0.1) is 0 Å². The molecule has 0 aliphatic carbocycles. The molecule has 0 N–H and O–H groups in total. The maximum atomic E-state index is 11.8. The second-order valence-corrected chi connectivity index (χ2v) is 4.53. The van der Waals surface area contributed by atoms with Crippen LogP contribution in [0.2, 0.25) is 0 Å². The van der Waals surface area contributed by atoms with Crippen LogP contribution in [0.5, 0.6) is 5.75 Å². The molecule has 3 nitrogen and oxygen atoms in total. The molecule has 9 heteroatoms. The molecule has 0 amide bonds. The lowest BCUT2D eigenvalue weighted by Crippen LogP contribution is -2.00. The highest BCUT2D eigenvalue weighted by Gasteiger charge is 2.08. The summed E-state index contributed by atoms with van der Waals surface area (Å²) in [4.78, 5) is 12.7. The van der Waals surface area contributed by atoms with E-state index >= 15 is 0 Å². The van der Waals surface area contributed by atoms with Gasteiger partial charge in [0, 0.05) is 4.90 Å². The first-order valence-electron chi connectivity index (χ1n) is 5.96. The summed E-state index contributed by atoms with van der Waals surface area (Å²) in [5, 5.41) is 0. The molecule has 0 bridgehead atoms. The van der Waals surface area contributed by atoms with Crippen molar-refractivity contribution < 1.29 is 37.2 Å². The molecule has 2 aromatic carbocycles. The number of benzene rings is 2. The number of carbonyl (C=O) groups excluding carboxylic acids is 1. The predicted octanol–water partition coefficient (Wildman–Crippen LogP) is 4.71. The highest BCUT2D eigenvalue weighted by atomic mass is 32.2. The van der Waals surface area contributed by atoms with Gasteiger partial charge in [0.05, 0.1) is 24.2 Å². The molecule has 0 atom stereocenters. The molecule has 0 saturated heterocycles. The molecule has 2 aromatic rings. The van der Waals surface area contributed by atoms with Gasteiger partial charge in [0.25, 0.3) is 0 Å². The van der Waals surface area contributed by atoms with Crippen LogP contribution in [0.1, 0.15) is 17.3 Å². The topological polar surface area (TPSA) is 35.5 Å². The van der Waals surface area contributed by atoms with Gasteiger partial charge < -0.3 is 8.92 Å². The van der Waals surface area contributed by atoms with Crippen molar-refractivity contribution in [2.75, 3.05) is 6.61 Å². The quantitative estimate of drug-likeness (QED) is 0.561. The lowest BCUT2D eigenvalue weighted by Gasteiger charge is -2.05. The lowest BCUT2D eigenvalue weighted by molar-refractivity contribution is 0.0768. The Balaban J connectivity index is -0.000000400. The van der Waals surface area contributed by atoms with Gasteiger partial charge in [-0.1, -0.05) is 18.2 Å². The molecule has 138 valence electrons. The van der Waals surface area contributed by atoms with Crippen molar-refractivity contribution in [1.82, 2.24) is 0 Å². The van der Waals surface area contributed by atoms with Gasteiger partial charge in [0.15, 0.2) is 0 Å². The Morgan fingerprint density at radius 3 is 1.92 bits per heavy atom. The Morgan fingerprint density at radius 1 is 0.875 bits per heavy atom. The molecule has 0 saturated carbocycles. The van der Waals surface area contributed by atoms with Gasteiger partial charge in [-0.3, -0.25) is 23.5 Å². The van der Waals surface area contributed by atoms with Crippen molar-refractivity contribution in [3.63, 3.8) is 0 Å². The van der Waals surface area contributed by atoms with E-state index in [1.165, 1.54) is 0 Å². The SMILES string of the molecule is CCOc1ccc(C(=O)OSc2ccccc2)cc1.F.F.F.F.F. The summed E-state index contributed by atoms with van der Waals surface area (Å²) in [5.74, 6) is 0.381. The molecule has 0 radical (unpaired) electrons. The lowest BCUT2D eigenvalue weighted by atomic mass is 10.2. The van der Waals surface area contributed by atoms with Crippen LogP contribution in [0.15, 0.2) is 59.5 Å². The van der Waals surface area contributed by atoms with Crippen LogP contribution >= 0.6 is 12.0 Å². The second kappa shape index (κ2) is 15.6. The number of hydrogen-bond donors (Lipinski definition) is 0. The highest BCUT2D eigenvalue weighted by Crippen LogP contribution is 2.21. The Labute approximate surface area is 140 Å². The Bertz CT molecular complexity index is 541. The minimum absolute atomic E-state index is 0. The molecule has 0 aliphatic rings. The summed E-state index contributed by atoms with van der Waals surface area (Å²) in [6.45, 7) is 2.52. The number of hydrogen-bond acceptors (Lipinski definition) is 4. The molecule has 0 aromatic heterocycles. The van der Waals surface area contributed by atoms with E-state index in [1.54, 1.807) is 24.3 Å². The molecular formula is C15H19F5O3S. The zero-order valence-electron chi connectivity index (χ0n) is 12.6. The largest absolute Gasteiger partial charge is 0.494 e. The molecule has 0 heterocycles. The Hall–Kier alpha value is -2.29. The molecule has 0 spiro atoms. The van der Waals surface area contributed by atoms with E-state index in [9.17, 15) is 4.79 Å². The van der Waals surface area contributed by atoms with Crippen molar-refractivity contribution in [1.29, 1.82) is 0 Å². The summed E-state index contributed by atoms with van der Waals surface area (Å²) in [6.07, 6.45) is 0. The number of ether oxygens (including phenoxy) is 1. The van der Waals surface area contributed by atoms with Crippen molar-refractivity contribution in [2.45, 2.75) is 11.8 Å². The molecule has 0 unspecified atom stereocenters. The van der Waals surface area contributed by atoms with Gasteiger partial charge in [-0.05, 0) is 43.3 Å². The van der Waals surface area contributed by atoms with Crippen molar-refractivity contribution in [3.8, 4) is 5.75 Å². The van der Waals surface area contributed by atoms with E-state index in [0.29, 0.717) is 12.2 Å². The van der Waals surface area contributed by atoms with E-state index in [2.05, 4.69) is 0 Å². The van der Waals surface area contributed by atoms with E-state index < -0.39 is 0 Å². The fraction of sp³-hybridized carbons (Fsp3) is 0.133. The summed E-state index contributed by atoms with van der Waals surface area (Å²) >= 11 is 1.06. The summed E-state index contributed by atoms with van der Waals surface area (Å²) in [7, 11) is 0. The standard InChI is InChI=1S/C15H14O3S.5FH/c1-2-17-13-10-8-12(9-11-13)15(16)18-19-14-6-4-3-5-7-14;;;;;/h3-11H,2H2,1H3;5*1H. The first-order chi connectivity index (χ1) is 9.29.